The summed E-state index contributed by atoms with van der Waals surface area (Å²) in [7, 11) is 0. The minimum Gasteiger partial charge on any atom is -0.340 e. The maximum Gasteiger partial charge on any atom is 0.270 e. The van der Waals surface area contributed by atoms with Gasteiger partial charge in [-0.3, -0.25) is 4.79 Å². The number of hydrogen-bond donors (Lipinski definition) is 1. The number of rotatable bonds is 2. The fourth-order valence-electron chi connectivity index (χ4n) is 2.54. The van der Waals surface area contributed by atoms with Crippen LogP contribution in [0.1, 0.15) is 36.3 Å². The molecule has 1 aliphatic heterocycles. The van der Waals surface area contributed by atoms with Crippen LogP contribution in [0.5, 0.6) is 0 Å². The Labute approximate surface area is 102 Å². The number of carbonyl (C=O) groups excluding carboxylic acids is 1. The van der Waals surface area contributed by atoms with Gasteiger partial charge in [-0.05, 0) is 31.9 Å². The summed E-state index contributed by atoms with van der Waals surface area (Å²) in [5.74, 6) is 0.191. The van der Waals surface area contributed by atoms with Crippen molar-refractivity contribution in [1.82, 2.24) is 14.8 Å². The Morgan fingerprint density at radius 2 is 2.29 bits per heavy atom. The maximum absolute atomic E-state index is 12.5. The molecule has 1 aromatic heterocycles. The molecule has 3 rings (SSSR count). The van der Waals surface area contributed by atoms with E-state index in [0.29, 0.717) is 12.1 Å². The molecular formula is C13H19N3O. The second-order valence-electron chi connectivity index (χ2n) is 5.08. The Hall–Kier alpha value is -1.29. The van der Waals surface area contributed by atoms with Crippen LogP contribution in [0.4, 0.5) is 0 Å². The first-order chi connectivity index (χ1) is 8.27. The molecule has 1 aliphatic carbocycles. The fourth-order valence-corrected chi connectivity index (χ4v) is 2.54. The normalized spacial score (nSPS) is 25.0. The molecule has 0 unspecified atom stereocenters. The molecular weight excluding hydrogens is 214 g/mol. The van der Waals surface area contributed by atoms with E-state index in [4.69, 9.17) is 0 Å². The summed E-state index contributed by atoms with van der Waals surface area (Å²) >= 11 is 0. The molecule has 4 heteroatoms. The topological polar surface area (TPSA) is 37.3 Å². The molecule has 0 spiro atoms. The molecule has 2 heterocycles. The van der Waals surface area contributed by atoms with Crippen LogP contribution >= 0.6 is 0 Å². The van der Waals surface area contributed by atoms with E-state index in [1.165, 1.54) is 12.8 Å². The van der Waals surface area contributed by atoms with Crippen LogP contribution < -0.4 is 5.32 Å². The maximum atomic E-state index is 12.5. The number of amides is 1. The van der Waals surface area contributed by atoms with E-state index in [1.807, 2.05) is 23.2 Å². The number of nitrogens with zero attached hydrogens (tertiary/aromatic N) is 2. The van der Waals surface area contributed by atoms with Crippen molar-refractivity contribution >= 4 is 5.91 Å². The minimum absolute atomic E-state index is 0.191. The van der Waals surface area contributed by atoms with Crippen LogP contribution in [0.15, 0.2) is 18.3 Å². The van der Waals surface area contributed by atoms with Gasteiger partial charge in [0.05, 0.1) is 0 Å². The van der Waals surface area contributed by atoms with Crippen molar-refractivity contribution in [2.75, 3.05) is 19.6 Å². The summed E-state index contributed by atoms with van der Waals surface area (Å²) in [6, 6.07) is 4.80. The van der Waals surface area contributed by atoms with Crippen LogP contribution in [0.25, 0.3) is 0 Å². The van der Waals surface area contributed by atoms with Crippen molar-refractivity contribution < 1.29 is 4.79 Å². The summed E-state index contributed by atoms with van der Waals surface area (Å²) in [4.78, 5) is 14.5. The van der Waals surface area contributed by atoms with E-state index in [2.05, 4.69) is 16.8 Å². The second kappa shape index (κ2) is 4.18. The van der Waals surface area contributed by atoms with E-state index < -0.39 is 0 Å². The molecule has 1 aromatic rings. The van der Waals surface area contributed by atoms with Gasteiger partial charge in [-0.25, -0.2) is 0 Å². The molecule has 0 bridgehead atoms. The lowest BCUT2D eigenvalue weighted by Crippen LogP contribution is -2.52. The molecule has 1 saturated carbocycles. The zero-order valence-corrected chi connectivity index (χ0v) is 10.2. The van der Waals surface area contributed by atoms with Gasteiger partial charge in [0.15, 0.2) is 0 Å². The largest absolute Gasteiger partial charge is 0.340 e. The van der Waals surface area contributed by atoms with Gasteiger partial charge in [0.1, 0.15) is 5.69 Å². The van der Waals surface area contributed by atoms with Crippen molar-refractivity contribution in [2.45, 2.75) is 31.8 Å². The summed E-state index contributed by atoms with van der Waals surface area (Å²) in [6.07, 6.45) is 4.47. The number of nitrogens with one attached hydrogen (secondary N) is 1. The van der Waals surface area contributed by atoms with Gasteiger partial charge < -0.3 is 14.8 Å². The van der Waals surface area contributed by atoms with Crippen LogP contribution in [0.3, 0.4) is 0 Å². The number of piperazine rings is 1. The first-order valence-corrected chi connectivity index (χ1v) is 6.46. The first-order valence-electron chi connectivity index (χ1n) is 6.46. The molecule has 92 valence electrons. The highest BCUT2D eigenvalue weighted by Crippen LogP contribution is 2.36. The van der Waals surface area contributed by atoms with E-state index in [-0.39, 0.29) is 5.91 Å². The lowest BCUT2D eigenvalue weighted by Gasteiger charge is -2.34. The van der Waals surface area contributed by atoms with Gasteiger partial charge in [0.25, 0.3) is 5.91 Å². The Bertz CT molecular complexity index is 422. The van der Waals surface area contributed by atoms with Crippen molar-refractivity contribution in [3.05, 3.63) is 24.0 Å². The second-order valence-corrected chi connectivity index (χ2v) is 5.08. The minimum atomic E-state index is 0.191. The predicted molar refractivity (Wildman–Crippen MR) is 66.1 cm³/mol. The molecule has 1 amide bonds. The number of carbonyl (C=O) groups is 1. The first kappa shape index (κ1) is 10.8. The highest BCUT2D eigenvalue weighted by molar-refractivity contribution is 5.93. The monoisotopic (exact) mass is 233 g/mol. The van der Waals surface area contributed by atoms with E-state index in [0.717, 1.165) is 25.3 Å². The quantitative estimate of drug-likeness (QED) is 0.835. The third-order valence-corrected chi connectivity index (χ3v) is 3.70. The standard InChI is InChI=1S/C13H19N3O/c1-10-9-14-6-8-15(10)13(17)12-3-2-7-16(12)11-4-5-11/h2-3,7,10-11,14H,4-6,8-9H2,1H3/t10-/m0/s1. The molecule has 17 heavy (non-hydrogen) atoms. The lowest BCUT2D eigenvalue weighted by molar-refractivity contribution is 0.0644. The summed E-state index contributed by atoms with van der Waals surface area (Å²) in [5, 5.41) is 3.31. The highest BCUT2D eigenvalue weighted by Gasteiger charge is 2.30. The molecule has 0 radical (unpaired) electrons. The SMILES string of the molecule is C[C@H]1CNCCN1C(=O)c1cccn1C1CC1. The fraction of sp³-hybridized carbons (Fsp3) is 0.615. The zero-order chi connectivity index (χ0) is 11.8. The Balaban J connectivity index is 1.82. The average Bonchev–Trinajstić information content (AvgIpc) is 3.07. The van der Waals surface area contributed by atoms with Gasteiger partial charge >= 0.3 is 0 Å². The lowest BCUT2D eigenvalue weighted by atomic mass is 10.2. The van der Waals surface area contributed by atoms with Crippen molar-refractivity contribution in [3.63, 3.8) is 0 Å². The predicted octanol–water partition coefficient (Wildman–Crippen LogP) is 1.26. The molecule has 0 aromatic carbocycles. The van der Waals surface area contributed by atoms with Gasteiger partial charge in [-0.15, -0.1) is 0 Å². The number of hydrogen-bond acceptors (Lipinski definition) is 2. The van der Waals surface area contributed by atoms with Crippen LogP contribution in [0, 0.1) is 0 Å². The average molecular weight is 233 g/mol. The zero-order valence-electron chi connectivity index (χ0n) is 10.2. The summed E-state index contributed by atoms with van der Waals surface area (Å²) < 4.78 is 2.15. The van der Waals surface area contributed by atoms with E-state index in [1.54, 1.807) is 0 Å². The molecule has 1 atom stereocenters. The van der Waals surface area contributed by atoms with Crippen molar-refractivity contribution in [1.29, 1.82) is 0 Å². The van der Waals surface area contributed by atoms with Gasteiger partial charge in [0.2, 0.25) is 0 Å². The Morgan fingerprint density at radius 1 is 1.47 bits per heavy atom. The van der Waals surface area contributed by atoms with Crippen molar-refractivity contribution in [3.8, 4) is 0 Å². The summed E-state index contributed by atoms with van der Waals surface area (Å²) in [6.45, 7) is 4.72. The molecule has 4 nitrogen and oxygen atoms in total. The third-order valence-electron chi connectivity index (χ3n) is 3.70. The van der Waals surface area contributed by atoms with E-state index >= 15 is 0 Å². The summed E-state index contributed by atoms with van der Waals surface area (Å²) in [5.41, 5.74) is 0.862. The van der Waals surface area contributed by atoms with Gasteiger partial charge in [0, 0.05) is 37.9 Å². The highest BCUT2D eigenvalue weighted by atomic mass is 16.2. The Morgan fingerprint density at radius 3 is 3.00 bits per heavy atom. The molecule has 1 saturated heterocycles. The van der Waals surface area contributed by atoms with E-state index in [9.17, 15) is 4.79 Å². The molecule has 1 N–H and O–H groups in total. The molecule has 2 aliphatic rings. The van der Waals surface area contributed by atoms with Crippen LogP contribution in [-0.4, -0.2) is 41.1 Å². The van der Waals surface area contributed by atoms with Crippen LogP contribution in [0.2, 0.25) is 0 Å². The Kier molecular flexibility index (Phi) is 2.67. The van der Waals surface area contributed by atoms with Crippen LogP contribution in [-0.2, 0) is 0 Å². The smallest absolute Gasteiger partial charge is 0.270 e. The number of aromatic nitrogens is 1. The van der Waals surface area contributed by atoms with Gasteiger partial charge in [-0.2, -0.15) is 0 Å². The van der Waals surface area contributed by atoms with Crippen molar-refractivity contribution in [2.24, 2.45) is 0 Å². The van der Waals surface area contributed by atoms with Gasteiger partial charge in [-0.1, -0.05) is 0 Å². The third kappa shape index (κ3) is 1.97. The molecule has 2 fully saturated rings.